The first-order valence-corrected chi connectivity index (χ1v) is 6.51. The Kier molecular flexibility index (Phi) is 3.69. The molecule has 0 aromatic heterocycles. The van der Waals surface area contributed by atoms with Crippen molar-refractivity contribution in [3.8, 4) is 0 Å². The highest BCUT2D eigenvalue weighted by atomic mass is 16.5. The molecule has 0 bridgehead atoms. The van der Waals surface area contributed by atoms with Gasteiger partial charge in [-0.25, -0.2) is 0 Å². The third-order valence-corrected chi connectivity index (χ3v) is 3.80. The number of hydrogen-bond donors (Lipinski definition) is 0. The van der Waals surface area contributed by atoms with E-state index in [2.05, 4.69) is 0 Å². The van der Waals surface area contributed by atoms with Crippen LogP contribution in [0.1, 0.15) is 39.0 Å². The Bertz CT molecular complexity index is 308. The van der Waals surface area contributed by atoms with Crippen LogP contribution in [-0.4, -0.2) is 36.5 Å². The smallest absolute Gasteiger partial charge is 0.310 e. The summed E-state index contributed by atoms with van der Waals surface area (Å²) in [5.41, 5.74) is 0. The minimum Gasteiger partial charge on any atom is -0.469 e. The third-order valence-electron chi connectivity index (χ3n) is 3.80. The number of nitrogens with zero attached hydrogens (tertiary/aromatic N) is 1. The van der Waals surface area contributed by atoms with Gasteiger partial charge in [0.05, 0.1) is 13.0 Å². The second-order valence-corrected chi connectivity index (χ2v) is 5.27. The van der Waals surface area contributed by atoms with Gasteiger partial charge in [0, 0.05) is 18.5 Å². The lowest BCUT2D eigenvalue weighted by Crippen LogP contribution is -2.43. The molecule has 0 aromatic rings. The van der Waals surface area contributed by atoms with Crippen molar-refractivity contribution in [3.63, 3.8) is 0 Å². The maximum absolute atomic E-state index is 12.2. The molecule has 0 saturated heterocycles. The number of hydrogen-bond acceptors (Lipinski definition) is 3. The van der Waals surface area contributed by atoms with Crippen molar-refractivity contribution >= 4 is 11.9 Å². The van der Waals surface area contributed by atoms with Gasteiger partial charge < -0.3 is 9.64 Å². The van der Waals surface area contributed by atoms with Crippen molar-refractivity contribution in [1.29, 1.82) is 0 Å². The highest BCUT2D eigenvalue weighted by Gasteiger charge is 2.38. The summed E-state index contributed by atoms with van der Waals surface area (Å²) in [6.07, 6.45) is 5.39. The number of carbonyl (C=O) groups is 2. The third kappa shape index (κ3) is 2.79. The Labute approximate surface area is 102 Å². The van der Waals surface area contributed by atoms with Gasteiger partial charge in [0.15, 0.2) is 0 Å². The lowest BCUT2D eigenvalue weighted by atomic mass is 9.84. The quantitative estimate of drug-likeness (QED) is 0.684. The maximum Gasteiger partial charge on any atom is 0.310 e. The molecule has 0 heterocycles. The summed E-state index contributed by atoms with van der Waals surface area (Å²) in [6, 6.07) is 0.384. The molecule has 2 fully saturated rings. The molecule has 0 aliphatic heterocycles. The lowest BCUT2D eigenvalue weighted by Gasteiger charge is -2.32. The normalized spacial score (nSPS) is 21.5. The molecular formula is C13H21NO3. The fourth-order valence-electron chi connectivity index (χ4n) is 2.27. The zero-order valence-electron chi connectivity index (χ0n) is 10.6. The first-order chi connectivity index (χ1) is 8.13. The topological polar surface area (TPSA) is 46.6 Å². The molecule has 2 aliphatic carbocycles. The Morgan fingerprint density at radius 1 is 1.29 bits per heavy atom. The zero-order chi connectivity index (χ0) is 12.4. The zero-order valence-corrected chi connectivity index (χ0v) is 10.6. The van der Waals surface area contributed by atoms with E-state index < -0.39 is 0 Å². The summed E-state index contributed by atoms with van der Waals surface area (Å²) in [7, 11) is 1.40. The van der Waals surface area contributed by atoms with Gasteiger partial charge in [0.1, 0.15) is 0 Å². The van der Waals surface area contributed by atoms with Crippen molar-refractivity contribution in [1.82, 2.24) is 4.90 Å². The summed E-state index contributed by atoms with van der Waals surface area (Å²) in [5, 5.41) is 0. The van der Waals surface area contributed by atoms with Crippen molar-refractivity contribution in [3.05, 3.63) is 0 Å². The van der Waals surface area contributed by atoms with Crippen molar-refractivity contribution < 1.29 is 14.3 Å². The summed E-state index contributed by atoms with van der Waals surface area (Å²) < 4.78 is 4.72. The molecule has 0 N–H and O–H groups in total. The predicted molar refractivity (Wildman–Crippen MR) is 63.3 cm³/mol. The molecule has 4 nitrogen and oxygen atoms in total. The van der Waals surface area contributed by atoms with Gasteiger partial charge in [-0.1, -0.05) is 13.3 Å². The van der Waals surface area contributed by atoms with E-state index in [0.717, 1.165) is 25.7 Å². The number of amides is 1. The Balaban J connectivity index is 1.92. The van der Waals surface area contributed by atoms with E-state index in [1.807, 2.05) is 11.8 Å². The molecule has 0 radical (unpaired) electrons. The Hall–Kier alpha value is -1.06. The molecular weight excluding hydrogens is 218 g/mol. The van der Waals surface area contributed by atoms with Crippen molar-refractivity contribution in [2.75, 3.05) is 13.7 Å². The van der Waals surface area contributed by atoms with Gasteiger partial charge in [0.25, 0.3) is 0 Å². The number of methoxy groups -OCH3 is 1. The highest BCUT2D eigenvalue weighted by molar-refractivity contribution is 5.81. The summed E-state index contributed by atoms with van der Waals surface area (Å²) in [6.45, 7) is 2.35. The number of esters is 1. The summed E-state index contributed by atoms with van der Waals surface area (Å²) in [4.78, 5) is 25.6. The van der Waals surface area contributed by atoms with Gasteiger partial charge in [-0.15, -0.1) is 0 Å². The second-order valence-electron chi connectivity index (χ2n) is 5.27. The van der Waals surface area contributed by atoms with E-state index >= 15 is 0 Å². The number of ether oxygens (including phenoxy) is 1. The predicted octanol–water partition coefficient (Wildman–Crippen LogP) is 1.59. The molecule has 17 heavy (non-hydrogen) atoms. The van der Waals surface area contributed by atoms with E-state index in [4.69, 9.17) is 4.74 Å². The van der Waals surface area contributed by atoms with Crippen LogP contribution < -0.4 is 0 Å². The van der Waals surface area contributed by atoms with Crippen LogP contribution in [0.4, 0.5) is 0 Å². The fraction of sp³-hybridized carbons (Fsp3) is 0.846. The van der Waals surface area contributed by atoms with E-state index in [1.54, 1.807) is 0 Å². The van der Waals surface area contributed by atoms with Crippen molar-refractivity contribution in [2.45, 2.75) is 45.1 Å². The second kappa shape index (κ2) is 5.07. The summed E-state index contributed by atoms with van der Waals surface area (Å²) in [5.74, 6) is 0.0386. The van der Waals surface area contributed by atoms with Gasteiger partial charge >= 0.3 is 5.97 Å². The van der Waals surface area contributed by atoms with Crippen LogP contribution in [-0.2, 0) is 14.3 Å². The van der Waals surface area contributed by atoms with Crippen LogP contribution in [0.5, 0.6) is 0 Å². The van der Waals surface area contributed by atoms with Gasteiger partial charge in [-0.3, -0.25) is 9.59 Å². The molecule has 2 aliphatic rings. The standard InChI is InChI=1S/C13H21NO3/c1-9(13(16)17-2)8-14(11-6-7-11)12(15)10-4-3-5-10/h9-11H,3-8H2,1-2H3. The van der Waals surface area contributed by atoms with Crippen LogP contribution in [0.3, 0.4) is 0 Å². The van der Waals surface area contributed by atoms with Crippen LogP contribution >= 0.6 is 0 Å². The molecule has 1 amide bonds. The van der Waals surface area contributed by atoms with E-state index in [0.29, 0.717) is 12.6 Å². The first kappa shape index (κ1) is 12.4. The molecule has 4 heteroatoms. The molecule has 2 rings (SSSR count). The maximum atomic E-state index is 12.2. The largest absolute Gasteiger partial charge is 0.469 e. The fourth-order valence-corrected chi connectivity index (χ4v) is 2.27. The van der Waals surface area contributed by atoms with E-state index in [9.17, 15) is 9.59 Å². The number of rotatable bonds is 5. The lowest BCUT2D eigenvalue weighted by molar-refractivity contribution is -0.147. The molecule has 1 atom stereocenters. The molecule has 0 spiro atoms. The average Bonchev–Trinajstić information content (AvgIpc) is 3.05. The minimum absolute atomic E-state index is 0.218. The Morgan fingerprint density at radius 2 is 1.94 bits per heavy atom. The monoisotopic (exact) mass is 239 g/mol. The van der Waals surface area contributed by atoms with Gasteiger partial charge in [0.2, 0.25) is 5.91 Å². The van der Waals surface area contributed by atoms with Crippen LogP contribution in [0.15, 0.2) is 0 Å². The Morgan fingerprint density at radius 3 is 2.35 bits per heavy atom. The van der Waals surface area contributed by atoms with E-state index in [1.165, 1.54) is 13.5 Å². The summed E-state index contributed by atoms with van der Waals surface area (Å²) >= 11 is 0. The van der Waals surface area contributed by atoms with Crippen LogP contribution in [0.25, 0.3) is 0 Å². The highest BCUT2D eigenvalue weighted by Crippen LogP contribution is 2.34. The molecule has 0 aromatic carbocycles. The van der Waals surface area contributed by atoms with Crippen LogP contribution in [0.2, 0.25) is 0 Å². The van der Waals surface area contributed by atoms with Crippen LogP contribution in [0, 0.1) is 11.8 Å². The SMILES string of the molecule is COC(=O)C(C)CN(C(=O)C1CCC1)C1CC1. The van der Waals surface area contributed by atoms with Gasteiger partial charge in [-0.05, 0) is 25.7 Å². The van der Waals surface area contributed by atoms with Crippen molar-refractivity contribution in [2.24, 2.45) is 11.8 Å². The average molecular weight is 239 g/mol. The first-order valence-electron chi connectivity index (χ1n) is 6.51. The van der Waals surface area contributed by atoms with Gasteiger partial charge in [-0.2, -0.15) is 0 Å². The molecule has 1 unspecified atom stereocenters. The number of carbonyl (C=O) groups excluding carboxylic acids is 2. The minimum atomic E-state index is -0.225. The molecule has 96 valence electrons. The van der Waals surface area contributed by atoms with E-state index in [-0.39, 0.29) is 23.7 Å². The molecule has 2 saturated carbocycles.